The zero-order chi connectivity index (χ0) is 23.5. The molecule has 2 aromatic heterocycles. The summed E-state index contributed by atoms with van der Waals surface area (Å²) in [4.78, 5) is 29.4. The largest absolute Gasteiger partial charge is 0.497 e. The average molecular weight is 462 g/mol. The van der Waals surface area contributed by atoms with Gasteiger partial charge in [0.25, 0.3) is 5.91 Å². The average Bonchev–Trinajstić information content (AvgIpc) is 3.57. The van der Waals surface area contributed by atoms with Crippen molar-refractivity contribution in [3.05, 3.63) is 65.5 Å². The molecule has 2 saturated heterocycles. The maximum Gasteiger partial charge on any atom is 0.317 e. The number of methoxy groups -OCH3 is 1. The summed E-state index contributed by atoms with van der Waals surface area (Å²) >= 11 is 0. The fourth-order valence-corrected chi connectivity index (χ4v) is 4.99. The van der Waals surface area contributed by atoms with Gasteiger partial charge in [0, 0.05) is 38.9 Å². The molecular weight excluding hydrogens is 430 g/mol. The number of ether oxygens (including phenoxy) is 1. The molecule has 0 aliphatic carbocycles. The molecule has 2 aliphatic rings. The van der Waals surface area contributed by atoms with Gasteiger partial charge in [-0.25, -0.2) is 9.31 Å². The van der Waals surface area contributed by atoms with Gasteiger partial charge in [-0.2, -0.15) is 5.10 Å². The predicted molar refractivity (Wildman–Crippen MR) is 129 cm³/mol. The molecule has 2 aliphatic heterocycles. The van der Waals surface area contributed by atoms with Crippen LogP contribution in [0.5, 0.6) is 5.75 Å². The lowest BCUT2D eigenvalue weighted by Crippen LogP contribution is -2.43. The van der Waals surface area contributed by atoms with E-state index < -0.39 is 0 Å². The highest BCUT2D eigenvalue weighted by Gasteiger charge is 2.26. The van der Waals surface area contributed by atoms with E-state index in [-0.39, 0.29) is 11.9 Å². The van der Waals surface area contributed by atoms with Gasteiger partial charge in [-0.15, -0.1) is 0 Å². The minimum absolute atomic E-state index is 0.0361. The molecule has 3 aromatic rings. The minimum atomic E-state index is -0.0361. The second kappa shape index (κ2) is 9.75. The number of nitrogens with one attached hydrogen (secondary N) is 1. The Kier molecular flexibility index (Phi) is 6.38. The first-order valence-corrected chi connectivity index (χ1v) is 12.0. The van der Waals surface area contributed by atoms with Gasteiger partial charge in [-0.05, 0) is 67.0 Å². The van der Waals surface area contributed by atoms with E-state index in [2.05, 4.69) is 22.5 Å². The molecule has 1 aromatic carbocycles. The Balaban J connectivity index is 1.20. The van der Waals surface area contributed by atoms with E-state index in [1.54, 1.807) is 17.8 Å². The zero-order valence-electron chi connectivity index (χ0n) is 19.6. The van der Waals surface area contributed by atoms with Crippen molar-refractivity contribution >= 4 is 17.5 Å². The second-order valence-corrected chi connectivity index (χ2v) is 9.12. The van der Waals surface area contributed by atoms with E-state index in [0.717, 1.165) is 55.6 Å². The van der Waals surface area contributed by atoms with Gasteiger partial charge < -0.3 is 19.9 Å². The summed E-state index contributed by atoms with van der Waals surface area (Å²) in [7, 11) is 1.64. The van der Waals surface area contributed by atoms with E-state index in [1.807, 2.05) is 40.3 Å². The molecule has 0 unspecified atom stereocenters. The number of rotatable bonds is 5. The fraction of sp³-hybridized carbons (Fsp3) is 0.423. The molecule has 178 valence electrons. The summed E-state index contributed by atoms with van der Waals surface area (Å²) < 4.78 is 7.04. The molecule has 0 atom stereocenters. The van der Waals surface area contributed by atoms with Crippen LogP contribution in [0.4, 0.5) is 4.79 Å². The van der Waals surface area contributed by atoms with Crippen molar-refractivity contribution in [2.45, 2.75) is 38.1 Å². The second-order valence-electron chi connectivity index (χ2n) is 9.12. The quantitative estimate of drug-likeness (QED) is 0.629. The van der Waals surface area contributed by atoms with Crippen molar-refractivity contribution in [2.75, 3.05) is 33.3 Å². The van der Waals surface area contributed by atoms with Gasteiger partial charge in [0.1, 0.15) is 5.75 Å². The third kappa shape index (κ3) is 4.58. The number of benzene rings is 1. The van der Waals surface area contributed by atoms with Crippen molar-refractivity contribution < 1.29 is 14.3 Å². The van der Waals surface area contributed by atoms with Crippen molar-refractivity contribution in [3.8, 4) is 5.75 Å². The van der Waals surface area contributed by atoms with Gasteiger partial charge in [0.2, 0.25) is 0 Å². The van der Waals surface area contributed by atoms with Crippen LogP contribution in [0.15, 0.2) is 48.8 Å². The van der Waals surface area contributed by atoms with E-state index in [1.165, 1.54) is 5.56 Å². The summed E-state index contributed by atoms with van der Waals surface area (Å²) in [6.07, 6.45) is 7.57. The summed E-state index contributed by atoms with van der Waals surface area (Å²) in [6, 6.07) is 11.9. The third-order valence-corrected chi connectivity index (χ3v) is 7.00. The van der Waals surface area contributed by atoms with Crippen LogP contribution in [0, 0.1) is 0 Å². The zero-order valence-corrected chi connectivity index (χ0v) is 19.6. The van der Waals surface area contributed by atoms with Crippen LogP contribution in [0.1, 0.15) is 53.1 Å². The van der Waals surface area contributed by atoms with Crippen LogP contribution in [-0.4, -0.2) is 64.6 Å². The predicted octanol–water partition coefficient (Wildman–Crippen LogP) is 3.67. The molecule has 3 amide bonds. The number of amides is 3. The van der Waals surface area contributed by atoms with Crippen LogP contribution >= 0.6 is 0 Å². The summed E-state index contributed by atoms with van der Waals surface area (Å²) in [5.74, 6) is 1.22. The van der Waals surface area contributed by atoms with Crippen LogP contribution in [0.2, 0.25) is 0 Å². The van der Waals surface area contributed by atoms with E-state index in [4.69, 9.17) is 4.74 Å². The molecule has 5 rings (SSSR count). The Morgan fingerprint density at radius 1 is 1.06 bits per heavy atom. The maximum atomic E-state index is 12.9. The molecule has 0 saturated carbocycles. The maximum absolute atomic E-state index is 12.9. The lowest BCUT2D eigenvalue weighted by atomic mass is 9.89. The molecule has 8 nitrogen and oxygen atoms in total. The third-order valence-electron chi connectivity index (χ3n) is 7.00. The van der Waals surface area contributed by atoms with E-state index in [0.29, 0.717) is 31.1 Å². The van der Waals surface area contributed by atoms with Crippen molar-refractivity contribution in [1.82, 2.24) is 24.7 Å². The first kappa shape index (κ1) is 22.3. The van der Waals surface area contributed by atoms with Crippen LogP contribution in [0.25, 0.3) is 5.52 Å². The van der Waals surface area contributed by atoms with Gasteiger partial charge in [-0.3, -0.25) is 4.79 Å². The molecule has 0 radical (unpaired) electrons. The van der Waals surface area contributed by atoms with Crippen LogP contribution in [-0.2, 0) is 6.54 Å². The Hall–Kier alpha value is -3.55. The highest BCUT2D eigenvalue weighted by molar-refractivity contribution is 6.00. The number of carbonyl (C=O) groups excluding carboxylic acids is 2. The summed E-state index contributed by atoms with van der Waals surface area (Å²) in [5.41, 5.74) is 3.77. The molecule has 0 bridgehead atoms. The van der Waals surface area contributed by atoms with Gasteiger partial charge in [0.15, 0.2) is 0 Å². The smallest absolute Gasteiger partial charge is 0.317 e. The normalized spacial score (nSPS) is 16.7. The Labute approximate surface area is 199 Å². The number of nitrogens with zero attached hydrogens (tertiary/aromatic N) is 4. The van der Waals surface area contributed by atoms with Crippen molar-refractivity contribution in [3.63, 3.8) is 0 Å². The highest BCUT2D eigenvalue weighted by atomic mass is 16.5. The number of hydrogen-bond donors (Lipinski definition) is 1. The van der Waals surface area contributed by atoms with Gasteiger partial charge in [0.05, 0.1) is 24.4 Å². The molecular formula is C26H31N5O3. The molecule has 1 N–H and O–H groups in total. The number of likely N-dealkylation sites (tertiary alicyclic amines) is 2. The molecule has 2 fully saturated rings. The van der Waals surface area contributed by atoms with E-state index in [9.17, 15) is 9.59 Å². The monoisotopic (exact) mass is 461 g/mol. The van der Waals surface area contributed by atoms with Gasteiger partial charge in [-0.1, -0.05) is 12.1 Å². The van der Waals surface area contributed by atoms with Crippen LogP contribution < -0.4 is 10.1 Å². The number of hydrogen-bond acceptors (Lipinski definition) is 4. The van der Waals surface area contributed by atoms with Crippen LogP contribution in [0.3, 0.4) is 0 Å². The van der Waals surface area contributed by atoms with E-state index >= 15 is 0 Å². The first-order chi connectivity index (χ1) is 16.6. The topological polar surface area (TPSA) is 79.2 Å². The molecule has 4 heterocycles. The lowest BCUT2D eigenvalue weighted by molar-refractivity contribution is 0.0794. The molecule has 34 heavy (non-hydrogen) atoms. The number of carbonyl (C=O) groups is 2. The Morgan fingerprint density at radius 2 is 1.85 bits per heavy atom. The number of pyridine rings is 1. The minimum Gasteiger partial charge on any atom is -0.497 e. The summed E-state index contributed by atoms with van der Waals surface area (Å²) in [6.45, 7) is 3.54. The Bertz CT molecular complexity index is 1180. The Morgan fingerprint density at radius 3 is 2.62 bits per heavy atom. The van der Waals surface area contributed by atoms with Crippen molar-refractivity contribution in [2.24, 2.45) is 0 Å². The number of aromatic nitrogens is 2. The highest BCUT2D eigenvalue weighted by Crippen LogP contribution is 2.30. The van der Waals surface area contributed by atoms with Gasteiger partial charge >= 0.3 is 6.03 Å². The number of fused-ring (bicyclic) bond motifs is 1. The fourth-order valence-electron chi connectivity index (χ4n) is 4.99. The molecule has 0 spiro atoms. The summed E-state index contributed by atoms with van der Waals surface area (Å²) in [5, 5.41) is 7.41. The lowest BCUT2D eigenvalue weighted by Gasteiger charge is -2.32. The number of urea groups is 1. The first-order valence-electron chi connectivity index (χ1n) is 12.0. The SMILES string of the molecule is COc1cccc(CNC(=O)N2CCC(c3ccn4ncc(C(=O)N5CCCC5)c4c3)CC2)c1. The van der Waals surface area contributed by atoms with Crippen molar-refractivity contribution in [1.29, 1.82) is 0 Å². The number of piperidine rings is 1. The molecule has 8 heteroatoms. The standard InChI is InChI=1S/C26H31N5O3/c1-34-22-6-4-5-19(15-22)17-27-26(33)30-12-7-20(8-13-30)21-9-14-31-24(16-21)23(18-28-31)25(32)29-10-2-3-11-29/h4-6,9,14-16,18,20H,2-3,7-8,10-13,17H2,1H3,(H,27,33).